The van der Waals surface area contributed by atoms with Gasteiger partial charge in [-0.25, -0.2) is 16.8 Å². The van der Waals surface area contributed by atoms with Crippen LogP contribution in [0.25, 0.3) is 0 Å². The van der Waals surface area contributed by atoms with Crippen LogP contribution >= 0.6 is 0 Å². The van der Waals surface area contributed by atoms with Crippen molar-refractivity contribution in [1.82, 2.24) is 0 Å². The van der Waals surface area contributed by atoms with Crippen molar-refractivity contribution in [2.24, 2.45) is 0 Å². The summed E-state index contributed by atoms with van der Waals surface area (Å²) in [5, 5.41) is 0. The molecule has 5 nitrogen and oxygen atoms in total. The first kappa shape index (κ1) is 14.5. The molecule has 1 fully saturated rings. The third-order valence-electron chi connectivity index (χ3n) is 3.03. The molecule has 0 N–H and O–H groups in total. The maximum Gasteiger partial charge on any atom is 0.161 e. The Bertz CT molecular complexity index is 489. The molecule has 0 bridgehead atoms. The van der Waals surface area contributed by atoms with Gasteiger partial charge in [0.1, 0.15) is 11.4 Å². The monoisotopic (exact) mass is 282 g/mol. The Morgan fingerprint density at radius 3 is 2.41 bits per heavy atom. The zero-order valence-corrected chi connectivity index (χ0v) is 11.7. The second kappa shape index (κ2) is 4.97. The molecule has 1 aliphatic heterocycles. The van der Waals surface area contributed by atoms with E-state index in [0.29, 0.717) is 0 Å². The molecule has 0 aromatic rings. The van der Waals surface area contributed by atoms with Gasteiger partial charge in [0, 0.05) is 0 Å². The Kier molecular flexibility index (Phi) is 4.24. The van der Waals surface area contributed by atoms with Gasteiger partial charge in [-0.2, -0.15) is 0 Å². The summed E-state index contributed by atoms with van der Waals surface area (Å²) in [5.41, 5.74) is 0. The number of sulfone groups is 2. The summed E-state index contributed by atoms with van der Waals surface area (Å²) in [7, 11) is -6.72. The zero-order chi connectivity index (χ0) is 13.2. The molecule has 17 heavy (non-hydrogen) atoms. The Labute approximate surface area is 103 Å². The van der Waals surface area contributed by atoms with Crippen LogP contribution in [0, 0.1) is 0 Å². The highest BCUT2D eigenvalue weighted by Crippen LogP contribution is 2.30. The molecule has 1 aliphatic rings. The van der Waals surface area contributed by atoms with Crippen LogP contribution in [0.1, 0.15) is 20.3 Å². The van der Waals surface area contributed by atoms with Crippen LogP contribution in [-0.4, -0.2) is 45.4 Å². The molecule has 0 aliphatic carbocycles. The van der Waals surface area contributed by atoms with Gasteiger partial charge in [-0.3, -0.25) is 0 Å². The summed E-state index contributed by atoms with van der Waals surface area (Å²) in [5.74, 6) is -0.917. The van der Waals surface area contributed by atoms with Gasteiger partial charge in [0.25, 0.3) is 0 Å². The smallest absolute Gasteiger partial charge is 0.161 e. The first-order valence-corrected chi connectivity index (χ1v) is 8.91. The molecular formula is C10H18O5S2. The molecule has 1 unspecified atom stereocenters. The minimum atomic E-state index is -3.42. The predicted molar refractivity (Wildman–Crippen MR) is 66.2 cm³/mol. The maximum absolute atomic E-state index is 12.0. The van der Waals surface area contributed by atoms with Crippen LogP contribution in [0.2, 0.25) is 0 Å². The Morgan fingerprint density at radius 2 is 1.88 bits per heavy atom. The molecule has 0 aromatic carbocycles. The fourth-order valence-electron chi connectivity index (χ4n) is 1.87. The van der Waals surface area contributed by atoms with Gasteiger partial charge in [0.05, 0.1) is 23.5 Å². The highest BCUT2D eigenvalue weighted by atomic mass is 32.2. The summed E-state index contributed by atoms with van der Waals surface area (Å²) in [6, 6.07) is 0. The van der Waals surface area contributed by atoms with E-state index in [-0.39, 0.29) is 30.3 Å². The molecule has 0 radical (unpaired) electrons. The van der Waals surface area contributed by atoms with Crippen molar-refractivity contribution in [2.75, 3.05) is 23.9 Å². The predicted octanol–water partition coefficient (Wildman–Crippen LogP) is 0.529. The highest BCUT2D eigenvalue weighted by molar-refractivity contribution is 7.99. The summed E-state index contributed by atoms with van der Waals surface area (Å²) in [6.07, 6.45) is 3.26. The average molecular weight is 282 g/mol. The van der Waals surface area contributed by atoms with Crippen molar-refractivity contribution >= 4 is 19.7 Å². The zero-order valence-electron chi connectivity index (χ0n) is 10.0. The third kappa shape index (κ3) is 3.01. The quantitative estimate of drug-likeness (QED) is 0.703. The lowest BCUT2D eigenvalue weighted by Crippen LogP contribution is -2.54. The van der Waals surface area contributed by atoms with Crippen molar-refractivity contribution in [3.8, 4) is 0 Å². The molecule has 1 saturated heterocycles. The van der Waals surface area contributed by atoms with Gasteiger partial charge < -0.3 is 4.74 Å². The first-order valence-electron chi connectivity index (χ1n) is 5.44. The second-order valence-electron chi connectivity index (χ2n) is 4.23. The molecule has 0 saturated carbocycles. The number of rotatable bonds is 4. The van der Waals surface area contributed by atoms with Crippen LogP contribution in [0.15, 0.2) is 12.3 Å². The van der Waals surface area contributed by atoms with Crippen molar-refractivity contribution in [1.29, 1.82) is 0 Å². The van der Waals surface area contributed by atoms with Crippen LogP contribution < -0.4 is 0 Å². The number of ether oxygens (including phenoxy) is 1. The van der Waals surface area contributed by atoms with Gasteiger partial charge in [0.2, 0.25) is 0 Å². The molecule has 1 atom stereocenters. The molecule has 1 heterocycles. The van der Waals surface area contributed by atoms with E-state index >= 15 is 0 Å². The number of hydrogen-bond donors (Lipinski definition) is 0. The van der Waals surface area contributed by atoms with Gasteiger partial charge in [-0.05, 0) is 13.3 Å². The Morgan fingerprint density at radius 1 is 1.24 bits per heavy atom. The fourth-order valence-corrected chi connectivity index (χ4v) is 7.37. The summed E-state index contributed by atoms with van der Waals surface area (Å²) in [6.45, 7) is 3.32. The Balaban J connectivity index is 3.07. The molecule has 0 spiro atoms. The topological polar surface area (TPSA) is 77.5 Å². The normalized spacial score (nSPS) is 31.4. The lowest BCUT2D eigenvalue weighted by Gasteiger charge is -2.34. The first-order chi connectivity index (χ1) is 7.79. The lowest BCUT2D eigenvalue weighted by atomic mass is 10.1. The van der Waals surface area contributed by atoms with Crippen LogP contribution in [0.4, 0.5) is 0 Å². The van der Waals surface area contributed by atoms with Crippen molar-refractivity contribution in [2.45, 2.75) is 25.0 Å². The molecule has 0 amide bonds. The lowest BCUT2D eigenvalue weighted by molar-refractivity contribution is 0.211. The van der Waals surface area contributed by atoms with Gasteiger partial charge in [0.15, 0.2) is 19.7 Å². The minimum absolute atomic E-state index is 0.102. The van der Waals surface area contributed by atoms with E-state index in [2.05, 4.69) is 0 Å². The van der Waals surface area contributed by atoms with E-state index in [9.17, 15) is 16.8 Å². The van der Waals surface area contributed by atoms with Crippen molar-refractivity contribution < 1.29 is 21.6 Å². The van der Waals surface area contributed by atoms with E-state index in [1.165, 1.54) is 6.26 Å². The molecular weight excluding hydrogens is 264 g/mol. The molecule has 100 valence electrons. The van der Waals surface area contributed by atoms with Gasteiger partial charge >= 0.3 is 0 Å². The third-order valence-corrected chi connectivity index (χ3v) is 7.90. The summed E-state index contributed by atoms with van der Waals surface area (Å²) in [4.78, 5) is 0. The van der Waals surface area contributed by atoms with E-state index in [1.54, 1.807) is 19.9 Å². The van der Waals surface area contributed by atoms with Crippen LogP contribution in [-0.2, 0) is 24.4 Å². The summed E-state index contributed by atoms with van der Waals surface area (Å²) < 4.78 is 51.1. The fraction of sp³-hybridized carbons (Fsp3) is 0.800. The standard InChI is InChI=1S/C10H18O5S2/c1-3-5-15-8-10(4-2)9-16(11,12)6-7-17(10,13)14/h3,5H,4,6-9H2,1-2H3/b5-3+. The largest absolute Gasteiger partial charge is 0.500 e. The maximum atomic E-state index is 12.0. The second-order valence-corrected chi connectivity index (χ2v) is 8.92. The molecule has 0 aromatic heterocycles. The van der Waals surface area contributed by atoms with Crippen molar-refractivity contribution in [3.63, 3.8) is 0 Å². The number of hydrogen-bond acceptors (Lipinski definition) is 5. The minimum Gasteiger partial charge on any atom is -0.500 e. The van der Waals surface area contributed by atoms with Crippen molar-refractivity contribution in [3.05, 3.63) is 12.3 Å². The van der Waals surface area contributed by atoms with Gasteiger partial charge in [-0.15, -0.1) is 0 Å². The van der Waals surface area contributed by atoms with E-state index in [4.69, 9.17) is 4.74 Å². The van der Waals surface area contributed by atoms with Crippen LogP contribution in [0.5, 0.6) is 0 Å². The Hall–Kier alpha value is -0.560. The van der Waals surface area contributed by atoms with Gasteiger partial charge in [-0.1, -0.05) is 13.0 Å². The SMILES string of the molecule is C/C=C/OCC1(CC)CS(=O)(=O)CCS1(=O)=O. The highest BCUT2D eigenvalue weighted by Gasteiger charge is 2.50. The van der Waals surface area contributed by atoms with E-state index < -0.39 is 24.4 Å². The average Bonchev–Trinajstić information content (AvgIpc) is 2.24. The van der Waals surface area contributed by atoms with E-state index in [1.807, 2.05) is 0 Å². The van der Waals surface area contributed by atoms with Crippen LogP contribution in [0.3, 0.4) is 0 Å². The molecule has 1 rings (SSSR count). The van der Waals surface area contributed by atoms with E-state index in [0.717, 1.165) is 0 Å². The number of allylic oxidation sites excluding steroid dienone is 1. The summed E-state index contributed by atoms with van der Waals surface area (Å²) >= 11 is 0. The molecule has 7 heteroatoms.